The summed E-state index contributed by atoms with van der Waals surface area (Å²) in [5.74, 6) is 7.81. The highest BCUT2D eigenvalue weighted by Gasteiger charge is 2.44. The van der Waals surface area contributed by atoms with E-state index in [2.05, 4.69) is 200 Å². The summed E-state index contributed by atoms with van der Waals surface area (Å²) in [6.07, 6.45) is 12.1. The molecule has 6 heterocycles. The quantitative estimate of drug-likeness (QED) is 0.0251. The first kappa shape index (κ1) is 60.5. The van der Waals surface area contributed by atoms with E-state index < -0.39 is 16.1 Å². The molecular formula is C72H85NO2S5Si2. The predicted molar refractivity (Wildman–Crippen MR) is 372 cm³/mol. The van der Waals surface area contributed by atoms with Crippen LogP contribution in [-0.4, -0.2) is 39.4 Å². The van der Waals surface area contributed by atoms with Gasteiger partial charge in [0, 0.05) is 67.1 Å². The van der Waals surface area contributed by atoms with Gasteiger partial charge in [-0.05, 0) is 134 Å². The van der Waals surface area contributed by atoms with Gasteiger partial charge in [-0.3, -0.25) is 14.5 Å². The number of benzene rings is 4. The zero-order valence-corrected chi connectivity index (χ0v) is 57.6. The molecule has 10 heteroatoms. The van der Waals surface area contributed by atoms with Crippen molar-refractivity contribution in [1.82, 2.24) is 4.90 Å². The molecule has 82 heavy (non-hydrogen) atoms. The van der Waals surface area contributed by atoms with Crippen LogP contribution < -0.4 is 0 Å². The molecule has 10 rings (SSSR count). The largest absolute Gasteiger partial charge is 0.274 e. The summed E-state index contributed by atoms with van der Waals surface area (Å²) < 4.78 is 2.57. The summed E-state index contributed by atoms with van der Waals surface area (Å²) in [5, 5.41) is 9.95. The molecule has 0 aliphatic carbocycles. The lowest BCUT2D eigenvalue weighted by Crippen LogP contribution is -2.43. The Hall–Kier alpha value is -4.63. The molecule has 0 fully saturated rings. The summed E-state index contributed by atoms with van der Waals surface area (Å²) in [4.78, 5) is 39.5. The standard InChI is InChI=1S/C72H85NO2S5Si2/c1-16-17-18-19-20-21-22-23-24-25-36-73-71(74)65-66(72(73)75)70(80-69(65)60-31-26-49(14)76-60)61-33-32-59(78-61)62-42-54-28-30-56-58-40-51(34-37-81(43(2)3,44(4)5)45(6)7)63-55(29-27-53-39-50(15)77-67(53)63)57(58)41-52(64(56)68(54)79-62)35-38-82(46(8)9,47(10)11)48(12)13/h26-33,39-48H,16-25,36H2,1-15H3. The number of rotatable bonds is 20. The van der Waals surface area contributed by atoms with Crippen LogP contribution in [0, 0.1) is 36.8 Å². The normalized spacial score (nSPS) is 13.4. The fourth-order valence-electron chi connectivity index (χ4n) is 14.5. The number of amides is 2. The average molecular weight is 1210 g/mol. The van der Waals surface area contributed by atoms with Gasteiger partial charge in [0.25, 0.3) is 11.8 Å². The minimum atomic E-state index is -2.14. The molecule has 3 nitrogen and oxygen atoms in total. The molecule has 0 spiro atoms. The third kappa shape index (κ3) is 10.9. The number of hydrogen-bond donors (Lipinski definition) is 0. The Morgan fingerprint density at radius 1 is 0.427 bits per heavy atom. The first-order chi connectivity index (χ1) is 39.2. The maximum Gasteiger partial charge on any atom is 0.263 e. The van der Waals surface area contributed by atoms with E-state index in [1.165, 1.54) is 112 Å². The molecule has 1 aliphatic heterocycles. The van der Waals surface area contributed by atoms with Crippen LogP contribution in [0.15, 0.2) is 72.8 Å². The van der Waals surface area contributed by atoms with Crippen LogP contribution in [0.4, 0.5) is 0 Å². The molecular weight excluding hydrogens is 1130 g/mol. The lowest BCUT2D eigenvalue weighted by atomic mass is 9.90. The van der Waals surface area contributed by atoms with E-state index in [0.29, 0.717) is 50.9 Å². The Kier molecular flexibility index (Phi) is 18.3. The monoisotopic (exact) mass is 1210 g/mol. The number of thiophene rings is 5. The second-order valence-corrected chi connectivity index (χ2v) is 42.4. The lowest BCUT2D eigenvalue weighted by Gasteiger charge is -2.38. The van der Waals surface area contributed by atoms with Crippen molar-refractivity contribution in [1.29, 1.82) is 0 Å². The first-order valence-corrected chi connectivity index (χ1v) is 39.3. The number of carbonyl (C=O) groups excluding carboxylic acids is 2. The van der Waals surface area contributed by atoms with E-state index in [9.17, 15) is 9.59 Å². The predicted octanol–water partition coefficient (Wildman–Crippen LogP) is 24.0. The molecule has 0 unspecified atom stereocenters. The van der Waals surface area contributed by atoms with Gasteiger partial charge in [0.05, 0.1) is 20.9 Å². The third-order valence-electron chi connectivity index (χ3n) is 18.6. The first-order valence-electron chi connectivity index (χ1n) is 30.8. The van der Waals surface area contributed by atoms with Gasteiger partial charge in [0.2, 0.25) is 0 Å². The van der Waals surface area contributed by atoms with Gasteiger partial charge in [-0.25, -0.2) is 0 Å². The molecule has 428 valence electrons. The van der Waals surface area contributed by atoms with E-state index in [0.717, 1.165) is 54.8 Å². The molecule has 0 radical (unpaired) electrons. The summed E-state index contributed by atoms with van der Waals surface area (Å²) in [6.45, 7) is 36.0. The van der Waals surface area contributed by atoms with Gasteiger partial charge in [0.1, 0.15) is 16.1 Å². The highest BCUT2D eigenvalue weighted by atomic mass is 32.1. The second-order valence-electron chi connectivity index (χ2n) is 25.5. The zero-order valence-electron chi connectivity index (χ0n) is 51.5. The number of aryl methyl sites for hydroxylation is 2. The molecule has 9 aromatic rings. The number of imide groups is 1. The van der Waals surface area contributed by atoms with Crippen molar-refractivity contribution >= 4 is 137 Å². The number of fused-ring (bicyclic) bond motifs is 10. The Balaban J connectivity index is 1.11. The molecule has 0 saturated carbocycles. The molecule has 5 aromatic heterocycles. The summed E-state index contributed by atoms with van der Waals surface area (Å²) >= 11 is 8.81. The van der Waals surface area contributed by atoms with Crippen LogP contribution in [0.25, 0.3) is 81.8 Å². The van der Waals surface area contributed by atoms with E-state index in [1.54, 1.807) is 38.9 Å². The number of nitrogens with zero attached hydrogens (tertiary/aromatic N) is 1. The minimum Gasteiger partial charge on any atom is -0.274 e. The average Bonchev–Trinajstić information content (AvgIpc) is 1.89. The lowest BCUT2D eigenvalue weighted by molar-refractivity contribution is 0.0651. The molecule has 4 aromatic carbocycles. The van der Waals surface area contributed by atoms with E-state index in [-0.39, 0.29) is 11.8 Å². The molecule has 0 atom stereocenters. The van der Waals surface area contributed by atoms with E-state index in [4.69, 9.17) is 0 Å². The van der Waals surface area contributed by atoms with Crippen molar-refractivity contribution in [2.24, 2.45) is 0 Å². The molecule has 2 amide bonds. The van der Waals surface area contributed by atoms with Gasteiger partial charge in [-0.2, -0.15) is 0 Å². The molecule has 0 N–H and O–H groups in total. The smallest absolute Gasteiger partial charge is 0.263 e. The Labute approximate surface area is 512 Å². The van der Waals surface area contributed by atoms with Gasteiger partial charge < -0.3 is 0 Å². The van der Waals surface area contributed by atoms with Crippen LogP contribution in [0.1, 0.15) is 196 Å². The second kappa shape index (κ2) is 24.8. The van der Waals surface area contributed by atoms with E-state index >= 15 is 0 Å². The van der Waals surface area contributed by atoms with Crippen LogP contribution >= 0.6 is 56.7 Å². The Morgan fingerprint density at radius 2 is 0.866 bits per heavy atom. The van der Waals surface area contributed by atoms with Crippen LogP contribution in [0.5, 0.6) is 0 Å². The Bertz CT molecular complexity index is 3970. The van der Waals surface area contributed by atoms with Crippen molar-refractivity contribution < 1.29 is 9.59 Å². The van der Waals surface area contributed by atoms with E-state index in [1.807, 2.05) is 22.7 Å². The van der Waals surface area contributed by atoms with Crippen molar-refractivity contribution in [3.63, 3.8) is 0 Å². The summed E-state index contributed by atoms with van der Waals surface area (Å²) in [7, 11) is -4.21. The van der Waals surface area contributed by atoms with Crippen LogP contribution in [-0.2, 0) is 0 Å². The van der Waals surface area contributed by atoms with Gasteiger partial charge in [-0.1, -0.05) is 184 Å². The number of hydrogen-bond acceptors (Lipinski definition) is 7. The fraction of sp³-hybridized carbons (Fsp3) is 0.444. The zero-order chi connectivity index (χ0) is 58.5. The maximum atomic E-state index is 14.6. The van der Waals surface area contributed by atoms with Crippen LogP contribution in [0.3, 0.4) is 0 Å². The van der Waals surface area contributed by atoms with Crippen LogP contribution in [0.2, 0.25) is 33.2 Å². The molecule has 0 saturated heterocycles. The SMILES string of the molecule is CCCCCCCCCCCCN1C(=O)c2c(-c3ccc(C)s3)sc(-c3ccc(-c4cc5ccc6c7cc(C#C[Si](C(C)C)(C(C)C)C(C)C)c8c(ccc9cc(C)sc98)c7cc(C#C[Si](C(C)C)(C(C)C)C(C)C)c6c5s4)s3)c2C1=O. The third-order valence-corrected chi connectivity index (χ3v) is 37.3. The van der Waals surface area contributed by atoms with Crippen molar-refractivity contribution in [3.8, 4) is 52.2 Å². The highest BCUT2D eigenvalue weighted by molar-refractivity contribution is 7.30. The highest BCUT2D eigenvalue weighted by Crippen LogP contribution is 2.52. The number of carbonyl (C=O) groups is 2. The number of unbranched alkanes of at least 4 members (excludes halogenated alkanes) is 9. The summed E-state index contributed by atoms with van der Waals surface area (Å²) in [5.41, 5.74) is 14.9. The topological polar surface area (TPSA) is 37.4 Å². The maximum absolute atomic E-state index is 14.6. The summed E-state index contributed by atoms with van der Waals surface area (Å²) in [6, 6.07) is 27.7. The van der Waals surface area contributed by atoms with Gasteiger partial charge >= 0.3 is 0 Å². The fourth-order valence-corrected chi connectivity index (χ4v) is 30.7. The molecule has 1 aliphatic rings. The van der Waals surface area contributed by atoms with Crippen molar-refractivity contribution in [3.05, 3.63) is 105 Å². The van der Waals surface area contributed by atoms with Gasteiger partial charge in [0.15, 0.2) is 0 Å². The van der Waals surface area contributed by atoms with Crippen molar-refractivity contribution in [2.45, 2.75) is 201 Å². The van der Waals surface area contributed by atoms with Gasteiger partial charge in [-0.15, -0.1) is 67.8 Å². The minimum absolute atomic E-state index is 0.132. The van der Waals surface area contributed by atoms with Crippen molar-refractivity contribution in [2.75, 3.05) is 6.54 Å². The molecule has 0 bridgehead atoms. The Morgan fingerprint density at radius 3 is 1.34 bits per heavy atom.